The fourth-order valence-electron chi connectivity index (χ4n) is 0.409. The van der Waals surface area contributed by atoms with Crippen molar-refractivity contribution in [3.8, 4) is 0 Å². The fourth-order valence-corrected chi connectivity index (χ4v) is 0.889. The van der Waals surface area contributed by atoms with Gasteiger partial charge in [-0.25, -0.2) is 0 Å². The number of alkyl halides is 1. The predicted octanol–water partition coefficient (Wildman–Crippen LogP) is 2.13. The maximum atomic E-state index is 5.53. The van der Waals surface area contributed by atoms with Gasteiger partial charge in [0.25, 0.3) is 0 Å². The molecule has 0 aromatic carbocycles. The van der Waals surface area contributed by atoms with E-state index in [1.54, 1.807) is 0 Å². The van der Waals surface area contributed by atoms with Crippen molar-refractivity contribution in [3.63, 3.8) is 0 Å². The Labute approximate surface area is 67.8 Å². The highest BCUT2D eigenvalue weighted by Crippen LogP contribution is 2.17. The number of aliphatic imine (C=N–C) groups is 1. The molecule has 0 spiro atoms. The predicted molar refractivity (Wildman–Crippen MR) is 39.8 cm³/mol. The maximum absolute atomic E-state index is 5.53. The summed E-state index contributed by atoms with van der Waals surface area (Å²) < 4.78 is 1.20. The van der Waals surface area contributed by atoms with Gasteiger partial charge in [-0.05, 0) is 0 Å². The molecule has 0 aromatic rings. The molecule has 0 bridgehead atoms. The van der Waals surface area contributed by atoms with Crippen LogP contribution in [0.15, 0.2) is 16.2 Å². The molecule has 0 saturated heterocycles. The van der Waals surface area contributed by atoms with E-state index in [4.69, 9.17) is 35.0 Å². The van der Waals surface area contributed by atoms with E-state index in [-0.39, 0.29) is 0 Å². The minimum atomic E-state index is -0.533. The first-order chi connectivity index (χ1) is 4.20. The Kier molecular flexibility index (Phi) is 2.22. The molecule has 1 heterocycles. The van der Waals surface area contributed by atoms with Crippen LogP contribution in [-0.2, 0) is 0 Å². The van der Waals surface area contributed by atoms with Crippen LogP contribution in [0.2, 0.25) is 0 Å². The molecule has 0 fully saturated rings. The van der Waals surface area contributed by atoms with Crippen LogP contribution in [-0.4, -0.2) is 16.3 Å². The topological polar surface area (TPSA) is 15.6 Å². The molecule has 1 aliphatic heterocycles. The van der Waals surface area contributed by atoms with Crippen LogP contribution in [0.4, 0.5) is 0 Å². The Morgan fingerprint density at radius 3 is 2.78 bits per heavy atom. The average Bonchev–Trinajstić information content (AvgIpc) is 1.80. The summed E-state index contributed by atoms with van der Waals surface area (Å²) in [5, 5.41) is 0.474. The van der Waals surface area contributed by atoms with Crippen LogP contribution in [0.25, 0.3) is 0 Å². The van der Waals surface area contributed by atoms with Crippen LogP contribution in [0.1, 0.15) is 0 Å². The minimum Gasteiger partial charge on any atom is -0.253 e. The highest BCUT2D eigenvalue weighted by molar-refractivity contribution is 6.40. The van der Waals surface area contributed by atoms with Gasteiger partial charge in [-0.1, -0.05) is 23.2 Å². The molecule has 50 valence electrons. The normalized spacial score (nSPS) is 26.3. The van der Waals surface area contributed by atoms with Crippen molar-refractivity contribution in [1.82, 2.24) is 4.42 Å². The Balaban J connectivity index is 2.70. The molecule has 1 atom stereocenters. The van der Waals surface area contributed by atoms with Gasteiger partial charge >= 0.3 is 0 Å². The van der Waals surface area contributed by atoms with Crippen LogP contribution >= 0.6 is 35.0 Å². The van der Waals surface area contributed by atoms with Crippen molar-refractivity contribution in [3.05, 3.63) is 11.2 Å². The summed E-state index contributed by atoms with van der Waals surface area (Å²) in [5.74, 6) is 0. The summed E-state index contributed by atoms with van der Waals surface area (Å²) in [6.45, 7) is 0. The zero-order valence-electron chi connectivity index (χ0n) is 4.26. The summed E-state index contributed by atoms with van der Waals surface area (Å²) in [4.78, 5) is 3.73. The molecular formula is C4H3Cl3N2. The number of nitrogens with zero attached hydrogens (tertiary/aromatic N) is 2. The zero-order valence-corrected chi connectivity index (χ0v) is 6.53. The molecule has 0 radical (unpaired) electrons. The van der Waals surface area contributed by atoms with Crippen LogP contribution in [0.5, 0.6) is 0 Å². The van der Waals surface area contributed by atoms with E-state index in [0.717, 1.165) is 0 Å². The summed E-state index contributed by atoms with van der Waals surface area (Å²) in [7, 11) is 0. The highest BCUT2D eigenvalue weighted by atomic mass is 35.5. The lowest BCUT2D eigenvalue weighted by molar-refractivity contribution is 0.563. The minimum absolute atomic E-state index is 0.474. The molecule has 0 aliphatic carbocycles. The molecule has 0 aromatic heterocycles. The third-order valence-electron chi connectivity index (χ3n) is 0.771. The van der Waals surface area contributed by atoms with Gasteiger partial charge in [0.15, 0.2) is 0 Å². The van der Waals surface area contributed by atoms with E-state index in [2.05, 4.69) is 4.99 Å². The van der Waals surface area contributed by atoms with Crippen molar-refractivity contribution < 1.29 is 0 Å². The van der Waals surface area contributed by atoms with Crippen molar-refractivity contribution in [2.45, 2.75) is 5.62 Å². The standard InChI is InChI=1S/C4H3Cl3N2/c5-3-1-8-4(6)9(7)2-3/h1-2,4H. The van der Waals surface area contributed by atoms with Crippen molar-refractivity contribution in [2.75, 3.05) is 0 Å². The van der Waals surface area contributed by atoms with Crippen molar-refractivity contribution in [1.29, 1.82) is 0 Å². The number of rotatable bonds is 0. The van der Waals surface area contributed by atoms with Crippen LogP contribution in [0, 0.1) is 0 Å². The van der Waals surface area contributed by atoms with E-state index in [9.17, 15) is 0 Å². The summed E-state index contributed by atoms with van der Waals surface area (Å²) in [5.41, 5.74) is -0.533. The second-order valence-corrected chi connectivity index (χ2v) is 2.66. The van der Waals surface area contributed by atoms with Gasteiger partial charge < -0.3 is 0 Å². The summed E-state index contributed by atoms with van der Waals surface area (Å²) in [6, 6.07) is 0. The lowest BCUT2D eigenvalue weighted by Crippen LogP contribution is -2.17. The van der Waals surface area contributed by atoms with Crippen molar-refractivity contribution >= 4 is 41.2 Å². The smallest absolute Gasteiger partial charge is 0.210 e. The first-order valence-electron chi connectivity index (χ1n) is 2.19. The number of halogens is 3. The van der Waals surface area contributed by atoms with Crippen LogP contribution < -0.4 is 0 Å². The third-order valence-corrected chi connectivity index (χ3v) is 1.67. The van der Waals surface area contributed by atoms with Gasteiger partial charge in [0.05, 0.1) is 5.03 Å². The maximum Gasteiger partial charge on any atom is 0.210 e. The van der Waals surface area contributed by atoms with E-state index in [1.165, 1.54) is 16.8 Å². The Hall–Kier alpha value is 0.0800. The summed E-state index contributed by atoms with van der Waals surface area (Å²) in [6.07, 6.45) is 2.95. The quantitative estimate of drug-likeness (QED) is 0.321. The van der Waals surface area contributed by atoms with E-state index in [0.29, 0.717) is 5.03 Å². The fraction of sp³-hybridized carbons (Fsp3) is 0.250. The Morgan fingerprint density at radius 2 is 2.33 bits per heavy atom. The SMILES string of the molecule is ClC1=CN(Cl)C(Cl)N=C1. The van der Waals surface area contributed by atoms with Gasteiger partial charge in [-0.2, -0.15) is 0 Å². The zero-order chi connectivity index (χ0) is 6.85. The van der Waals surface area contributed by atoms with E-state index >= 15 is 0 Å². The van der Waals surface area contributed by atoms with Gasteiger partial charge in [-0.3, -0.25) is 9.41 Å². The second kappa shape index (κ2) is 2.78. The van der Waals surface area contributed by atoms with Gasteiger partial charge in [0.2, 0.25) is 5.62 Å². The van der Waals surface area contributed by atoms with Crippen LogP contribution in [0.3, 0.4) is 0 Å². The monoisotopic (exact) mass is 184 g/mol. The lowest BCUT2D eigenvalue weighted by Gasteiger charge is -2.16. The first-order valence-corrected chi connectivity index (χ1v) is 3.34. The Morgan fingerprint density at radius 1 is 1.67 bits per heavy atom. The largest absolute Gasteiger partial charge is 0.253 e. The van der Waals surface area contributed by atoms with Gasteiger partial charge in [0.1, 0.15) is 0 Å². The summed E-state index contributed by atoms with van der Waals surface area (Å²) >= 11 is 16.5. The molecule has 0 N–H and O–H groups in total. The Bertz CT molecular complexity index is 165. The molecule has 1 aliphatic rings. The second-order valence-electron chi connectivity index (χ2n) is 1.45. The highest BCUT2D eigenvalue weighted by Gasteiger charge is 2.11. The molecule has 2 nitrogen and oxygen atoms in total. The molecule has 9 heavy (non-hydrogen) atoms. The van der Waals surface area contributed by atoms with E-state index in [1.807, 2.05) is 0 Å². The first kappa shape index (κ1) is 7.19. The number of hydrogen-bond donors (Lipinski definition) is 0. The molecule has 0 saturated carbocycles. The lowest BCUT2D eigenvalue weighted by atomic mass is 10.6. The van der Waals surface area contributed by atoms with E-state index < -0.39 is 5.62 Å². The average molecular weight is 185 g/mol. The van der Waals surface area contributed by atoms with Crippen molar-refractivity contribution in [2.24, 2.45) is 4.99 Å². The molecule has 1 rings (SSSR count). The molecule has 5 heteroatoms. The third kappa shape index (κ3) is 1.75. The number of allylic oxidation sites excluding steroid dienone is 1. The molecule has 0 amide bonds. The number of hydrogen-bond acceptors (Lipinski definition) is 2. The molecule has 1 unspecified atom stereocenters. The van der Waals surface area contributed by atoms with Gasteiger partial charge in [-0.15, -0.1) is 0 Å². The molecular weight excluding hydrogens is 182 g/mol. The van der Waals surface area contributed by atoms with Gasteiger partial charge in [0, 0.05) is 24.2 Å².